The van der Waals surface area contributed by atoms with Crippen LogP contribution in [0.5, 0.6) is 5.75 Å². The van der Waals surface area contributed by atoms with E-state index in [4.69, 9.17) is 21.6 Å². The fourth-order valence-corrected chi connectivity index (χ4v) is 4.29. The Hall–Kier alpha value is -3.13. The largest absolute Gasteiger partial charge is 0.496 e. The van der Waals surface area contributed by atoms with Gasteiger partial charge >= 0.3 is 0 Å². The molecule has 0 amide bonds. The monoisotopic (exact) mass is 465 g/mol. The Morgan fingerprint density at radius 1 is 1.29 bits per heavy atom. The standard InChI is InChI=1S/C20H18ClF2N5O2S/c1-30-18-8-14(22)3-4-16(18)19-17(23)9-25-20(28-19)27-15-6-12(5-13(21)7-15)10-31(2,29)26-11-24/h3-9,31H,10H2,1-2H3,(H,26,29)(H,25,27,28). The smallest absolute Gasteiger partial charge is 0.227 e. The molecule has 0 saturated carbocycles. The van der Waals surface area contributed by atoms with E-state index in [2.05, 4.69) is 19.6 Å². The normalized spacial score (nSPS) is 11.5. The number of halogens is 3. The van der Waals surface area contributed by atoms with Crippen LogP contribution in [0.2, 0.25) is 5.02 Å². The fraction of sp³-hybridized carbons (Fsp3) is 0.150. The van der Waals surface area contributed by atoms with E-state index in [9.17, 15) is 13.3 Å². The third kappa shape index (κ3) is 5.73. The fourth-order valence-electron chi connectivity index (χ4n) is 2.90. The van der Waals surface area contributed by atoms with Crippen molar-refractivity contribution in [3.63, 3.8) is 0 Å². The van der Waals surface area contributed by atoms with Gasteiger partial charge in [0.1, 0.15) is 17.3 Å². The van der Waals surface area contributed by atoms with E-state index in [0.29, 0.717) is 16.3 Å². The minimum absolute atomic E-state index is 0.0688. The highest BCUT2D eigenvalue weighted by molar-refractivity contribution is 7.98. The zero-order valence-corrected chi connectivity index (χ0v) is 18.1. The van der Waals surface area contributed by atoms with Crippen molar-refractivity contribution in [3.8, 4) is 23.2 Å². The predicted molar refractivity (Wildman–Crippen MR) is 118 cm³/mol. The van der Waals surface area contributed by atoms with Gasteiger partial charge in [0.25, 0.3) is 0 Å². The zero-order valence-electron chi connectivity index (χ0n) is 16.5. The van der Waals surface area contributed by atoms with Crippen LogP contribution in [0, 0.1) is 23.1 Å². The lowest BCUT2D eigenvalue weighted by atomic mass is 10.1. The number of ether oxygens (including phenoxy) is 1. The van der Waals surface area contributed by atoms with E-state index in [1.54, 1.807) is 24.4 Å². The maximum Gasteiger partial charge on any atom is 0.227 e. The molecular weight excluding hydrogens is 448 g/mol. The average molecular weight is 466 g/mol. The van der Waals surface area contributed by atoms with Crippen LogP contribution in [0.25, 0.3) is 11.3 Å². The summed E-state index contributed by atoms with van der Waals surface area (Å²) in [6.45, 7) is 0. The summed E-state index contributed by atoms with van der Waals surface area (Å²) in [5.41, 5.74) is 1.33. The molecule has 3 rings (SSSR count). The SMILES string of the molecule is COc1cc(F)ccc1-c1nc(Nc2cc(Cl)cc(C[SH](C)(O)=NC#N)c2)ncc1F. The number of anilines is 2. The van der Waals surface area contributed by atoms with Gasteiger partial charge in [0, 0.05) is 28.1 Å². The number of benzene rings is 2. The molecule has 0 radical (unpaired) electrons. The molecule has 11 heteroatoms. The van der Waals surface area contributed by atoms with Crippen LogP contribution in [0.4, 0.5) is 20.4 Å². The summed E-state index contributed by atoms with van der Waals surface area (Å²) >= 11 is 6.17. The molecule has 0 aliphatic heterocycles. The van der Waals surface area contributed by atoms with Crippen LogP contribution in [-0.4, -0.2) is 27.9 Å². The van der Waals surface area contributed by atoms with Crippen LogP contribution in [0.1, 0.15) is 5.56 Å². The lowest BCUT2D eigenvalue weighted by Crippen LogP contribution is -2.10. The molecule has 162 valence electrons. The average Bonchev–Trinajstić information content (AvgIpc) is 2.68. The number of nitrogens with zero attached hydrogens (tertiary/aromatic N) is 4. The third-order valence-electron chi connectivity index (χ3n) is 4.12. The number of nitrogens with one attached hydrogen (secondary N) is 1. The van der Waals surface area contributed by atoms with Crippen molar-refractivity contribution in [3.05, 3.63) is 64.8 Å². The molecule has 0 saturated heterocycles. The molecule has 0 aliphatic rings. The minimum Gasteiger partial charge on any atom is -0.496 e. The molecule has 0 fully saturated rings. The zero-order chi connectivity index (χ0) is 22.6. The Kier molecular flexibility index (Phi) is 6.80. The summed E-state index contributed by atoms with van der Waals surface area (Å²) in [6.07, 6.45) is 4.12. The van der Waals surface area contributed by atoms with E-state index in [1.807, 2.05) is 0 Å². The summed E-state index contributed by atoms with van der Waals surface area (Å²) in [6, 6.07) is 8.62. The summed E-state index contributed by atoms with van der Waals surface area (Å²) < 4.78 is 46.9. The van der Waals surface area contributed by atoms with Crippen molar-refractivity contribution in [2.45, 2.75) is 5.75 Å². The molecule has 2 N–H and O–H groups in total. The highest BCUT2D eigenvalue weighted by Crippen LogP contribution is 2.32. The number of rotatable bonds is 6. The number of hydrogen-bond acceptors (Lipinski definition) is 6. The molecule has 0 bridgehead atoms. The third-order valence-corrected chi connectivity index (χ3v) is 5.82. The van der Waals surface area contributed by atoms with E-state index < -0.39 is 21.7 Å². The summed E-state index contributed by atoms with van der Waals surface area (Å²) in [7, 11) is -1.45. The van der Waals surface area contributed by atoms with Crippen molar-refractivity contribution in [1.82, 2.24) is 9.97 Å². The first-order valence-corrected chi connectivity index (χ1v) is 11.5. The van der Waals surface area contributed by atoms with Crippen molar-refractivity contribution in [1.29, 1.82) is 5.26 Å². The number of hydrogen-bond donors (Lipinski definition) is 3. The second-order valence-corrected chi connectivity index (χ2v) is 9.78. The Morgan fingerprint density at radius 2 is 2.06 bits per heavy atom. The van der Waals surface area contributed by atoms with Gasteiger partial charge in [0.2, 0.25) is 12.1 Å². The van der Waals surface area contributed by atoms with Gasteiger partial charge in [0.05, 0.1) is 13.3 Å². The lowest BCUT2D eigenvalue weighted by Gasteiger charge is -2.17. The van der Waals surface area contributed by atoms with Gasteiger partial charge in [-0.1, -0.05) is 21.7 Å². The molecule has 1 heterocycles. The molecule has 3 aromatic rings. The minimum atomic E-state index is -2.80. The summed E-state index contributed by atoms with van der Waals surface area (Å²) in [4.78, 5) is 8.13. The Morgan fingerprint density at radius 3 is 2.77 bits per heavy atom. The van der Waals surface area contributed by atoms with Gasteiger partial charge in [-0.05, 0) is 42.2 Å². The second kappa shape index (κ2) is 9.34. The van der Waals surface area contributed by atoms with E-state index in [1.165, 1.54) is 25.5 Å². The van der Waals surface area contributed by atoms with Gasteiger partial charge in [0.15, 0.2) is 5.82 Å². The first-order valence-electron chi connectivity index (χ1n) is 8.83. The maximum atomic E-state index is 14.4. The highest BCUT2D eigenvalue weighted by Gasteiger charge is 2.15. The van der Waals surface area contributed by atoms with Gasteiger partial charge in [-0.2, -0.15) is 5.26 Å². The molecule has 7 nitrogen and oxygen atoms in total. The van der Waals surface area contributed by atoms with Gasteiger partial charge in [-0.3, -0.25) is 0 Å². The summed E-state index contributed by atoms with van der Waals surface area (Å²) in [5, 5.41) is 12.0. The van der Waals surface area contributed by atoms with Crippen LogP contribution in [0.3, 0.4) is 0 Å². The van der Waals surface area contributed by atoms with E-state index in [-0.39, 0.29) is 28.7 Å². The Labute approximate surface area is 183 Å². The predicted octanol–water partition coefficient (Wildman–Crippen LogP) is 4.98. The number of methoxy groups -OCH3 is 1. The Bertz CT molecular complexity index is 1230. The first kappa shape index (κ1) is 22.6. The molecule has 0 unspecified atom stereocenters. The Balaban J connectivity index is 1.95. The topological polar surface area (TPSA) is 103 Å². The molecule has 0 aliphatic carbocycles. The van der Waals surface area contributed by atoms with Crippen molar-refractivity contribution >= 4 is 33.3 Å². The van der Waals surface area contributed by atoms with Crippen LogP contribution in [-0.2, 0) is 15.9 Å². The molecule has 0 atom stereocenters. The maximum absolute atomic E-state index is 14.4. The van der Waals surface area contributed by atoms with Crippen molar-refractivity contribution < 1.29 is 18.1 Å². The van der Waals surface area contributed by atoms with Crippen molar-refractivity contribution in [2.24, 2.45) is 4.36 Å². The summed E-state index contributed by atoms with van der Waals surface area (Å²) in [5.74, 6) is -0.888. The van der Waals surface area contributed by atoms with Gasteiger partial charge < -0.3 is 14.6 Å². The number of nitriles is 1. The van der Waals surface area contributed by atoms with Crippen LogP contribution in [0.15, 0.2) is 47.0 Å². The van der Waals surface area contributed by atoms with Crippen LogP contribution >= 0.6 is 11.6 Å². The van der Waals surface area contributed by atoms with Gasteiger partial charge in [-0.15, -0.1) is 4.36 Å². The quantitative estimate of drug-likeness (QED) is 0.350. The lowest BCUT2D eigenvalue weighted by molar-refractivity contribution is 0.412. The first-order chi connectivity index (χ1) is 14.7. The highest BCUT2D eigenvalue weighted by atomic mass is 35.5. The molecule has 1 aromatic heterocycles. The molecule has 31 heavy (non-hydrogen) atoms. The van der Waals surface area contributed by atoms with Crippen LogP contribution < -0.4 is 10.1 Å². The van der Waals surface area contributed by atoms with E-state index in [0.717, 1.165) is 12.3 Å². The van der Waals surface area contributed by atoms with Crippen molar-refractivity contribution in [2.75, 3.05) is 18.7 Å². The molecular formula is C20H18ClF2N5O2S. The van der Waals surface area contributed by atoms with E-state index >= 15 is 0 Å². The van der Waals surface area contributed by atoms with Gasteiger partial charge in [-0.25, -0.2) is 18.7 Å². The molecule has 2 aromatic carbocycles. The number of thiol groups is 1. The number of aromatic nitrogens is 2. The second-order valence-electron chi connectivity index (χ2n) is 6.65. The molecule has 0 spiro atoms.